The number of carboxylic acid groups (broad SMARTS) is 1. The van der Waals surface area contributed by atoms with Gasteiger partial charge in [-0.25, -0.2) is 13.6 Å². The van der Waals surface area contributed by atoms with E-state index in [0.29, 0.717) is 19.4 Å². The summed E-state index contributed by atoms with van der Waals surface area (Å²) < 4.78 is 26.7. The molecule has 1 fully saturated rings. The van der Waals surface area contributed by atoms with Crippen LogP contribution in [0.25, 0.3) is 0 Å². The Morgan fingerprint density at radius 3 is 2.73 bits per heavy atom. The molecule has 1 saturated heterocycles. The molecule has 0 aromatic heterocycles. The molecule has 1 amide bonds. The fourth-order valence-corrected chi connectivity index (χ4v) is 2.60. The second-order valence-electron chi connectivity index (χ2n) is 5.71. The molecule has 1 aliphatic heterocycles. The van der Waals surface area contributed by atoms with Crippen LogP contribution in [-0.2, 0) is 9.59 Å². The number of carbonyl (C=O) groups is 2. The third kappa shape index (κ3) is 5.71. The van der Waals surface area contributed by atoms with Crippen LogP contribution in [-0.4, -0.2) is 65.4 Å². The molecular formula is C15H24F2N2O3. The molecule has 5 nitrogen and oxygen atoms in total. The lowest BCUT2D eigenvalue weighted by atomic mass is 10.1. The number of hydrogen-bond acceptors (Lipinski definition) is 3. The minimum absolute atomic E-state index is 0.119. The Bertz CT molecular complexity index is 416. The molecule has 0 aliphatic carbocycles. The number of halogens is 2. The zero-order chi connectivity index (χ0) is 16.8. The molecule has 0 aromatic carbocycles. The lowest BCUT2D eigenvalue weighted by Crippen LogP contribution is -2.47. The Morgan fingerprint density at radius 2 is 2.18 bits per heavy atom. The Kier molecular flexibility index (Phi) is 6.93. The molecule has 126 valence electrons. The number of likely N-dealkylation sites (tertiary alicyclic amines) is 1. The summed E-state index contributed by atoms with van der Waals surface area (Å²) in [6.45, 7) is 3.96. The van der Waals surface area contributed by atoms with E-state index >= 15 is 0 Å². The smallest absolute Gasteiger partial charge is 0.326 e. The van der Waals surface area contributed by atoms with Gasteiger partial charge in [-0.3, -0.25) is 9.69 Å². The summed E-state index contributed by atoms with van der Waals surface area (Å²) in [5.41, 5.74) is 0. The Labute approximate surface area is 129 Å². The van der Waals surface area contributed by atoms with Gasteiger partial charge >= 0.3 is 5.97 Å². The van der Waals surface area contributed by atoms with E-state index in [-0.39, 0.29) is 38.3 Å². The third-order valence-corrected chi connectivity index (χ3v) is 3.90. The summed E-state index contributed by atoms with van der Waals surface area (Å²) in [7, 11) is 1.44. The maximum absolute atomic E-state index is 13.3. The first-order chi connectivity index (χ1) is 10.3. The zero-order valence-corrected chi connectivity index (χ0v) is 12.9. The Morgan fingerprint density at radius 1 is 1.50 bits per heavy atom. The van der Waals surface area contributed by atoms with Crippen molar-refractivity contribution in [2.45, 2.75) is 44.1 Å². The molecule has 0 bridgehead atoms. The molecule has 1 N–H and O–H groups in total. The predicted octanol–water partition coefficient (Wildman–Crippen LogP) is 1.99. The van der Waals surface area contributed by atoms with Crippen LogP contribution in [0.1, 0.15) is 32.1 Å². The van der Waals surface area contributed by atoms with Gasteiger partial charge in [-0.1, -0.05) is 6.08 Å². The van der Waals surface area contributed by atoms with Crippen molar-refractivity contribution in [3.63, 3.8) is 0 Å². The van der Waals surface area contributed by atoms with E-state index in [1.165, 1.54) is 11.9 Å². The van der Waals surface area contributed by atoms with Crippen LogP contribution in [0.2, 0.25) is 0 Å². The van der Waals surface area contributed by atoms with E-state index in [4.69, 9.17) is 0 Å². The second-order valence-corrected chi connectivity index (χ2v) is 5.71. The van der Waals surface area contributed by atoms with Crippen LogP contribution < -0.4 is 0 Å². The van der Waals surface area contributed by atoms with Gasteiger partial charge in [-0.15, -0.1) is 6.58 Å². The van der Waals surface area contributed by atoms with E-state index in [9.17, 15) is 23.5 Å². The molecule has 1 rings (SSSR count). The van der Waals surface area contributed by atoms with Crippen LogP contribution in [0.3, 0.4) is 0 Å². The fraction of sp³-hybridized carbons (Fsp3) is 0.733. The Balaban J connectivity index is 2.55. The standard InChI is InChI=1S/C15H24F2N2O3/c1-3-4-6-13(20)18(2)12(14(21)22)7-10-19-9-5-8-15(16,17)11-19/h3,12H,1,4-11H2,2H3,(H,21,22)/t12-/m0/s1. The highest BCUT2D eigenvalue weighted by molar-refractivity contribution is 5.83. The van der Waals surface area contributed by atoms with E-state index < -0.39 is 17.9 Å². The number of carbonyl (C=O) groups excluding carboxylic acids is 1. The number of carboxylic acids is 1. The molecular weight excluding hydrogens is 294 g/mol. The summed E-state index contributed by atoms with van der Waals surface area (Å²) in [4.78, 5) is 26.0. The van der Waals surface area contributed by atoms with Gasteiger partial charge in [0.1, 0.15) is 6.04 Å². The molecule has 1 heterocycles. The van der Waals surface area contributed by atoms with Crippen molar-refractivity contribution in [1.29, 1.82) is 0 Å². The van der Waals surface area contributed by atoms with Crippen molar-refractivity contribution in [2.75, 3.05) is 26.7 Å². The van der Waals surface area contributed by atoms with Gasteiger partial charge in [0.15, 0.2) is 0 Å². The van der Waals surface area contributed by atoms with Crippen molar-refractivity contribution in [1.82, 2.24) is 9.80 Å². The first-order valence-corrected chi connectivity index (χ1v) is 7.46. The first-order valence-electron chi connectivity index (χ1n) is 7.46. The Hall–Kier alpha value is -1.50. The fourth-order valence-electron chi connectivity index (χ4n) is 2.60. The quantitative estimate of drug-likeness (QED) is 0.695. The van der Waals surface area contributed by atoms with Crippen molar-refractivity contribution < 1.29 is 23.5 Å². The molecule has 7 heteroatoms. The van der Waals surface area contributed by atoms with Gasteiger partial charge in [-0.2, -0.15) is 0 Å². The topological polar surface area (TPSA) is 60.9 Å². The summed E-state index contributed by atoms with van der Waals surface area (Å²) in [5.74, 6) is -4.10. The summed E-state index contributed by atoms with van der Waals surface area (Å²) in [6.07, 6.45) is 2.70. The van der Waals surface area contributed by atoms with Crippen LogP contribution in [0.5, 0.6) is 0 Å². The van der Waals surface area contributed by atoms with Crippen molar-refractivity contribution in [2.24, 2.45) is 0 Å². The lowest BCUT2D eigenvalue weighted by molar-refractivity contribution is -0.149. The first kappa shape index (κ1) is 18.5. The van der Waals surface area contributed by atoms with E-state index in [0.717, 1.165) is 0 Å². The molecule has 0 saturated carbocycles. The van der Waals surface area contributed by atoms with Crippen LogP contribution >= 0.6 is 0 Å². The van der Waals surface area contributed by atoms with Gasteiger partial charge in [0.25, 0.3) is 5.92 Å². The van der Waals surface area contributed by atoms with E-state index in [1.807, 2.05) is 0 Å². The maximum atomic E-state index is 13.3. The highest BCUT2D eigenvalue weighted by atomic mass is 19.3. The van der Waals surface area contributed by atoms with Crippen LogP contribution in [0.4, 0.5) is 8.78 Å². The number of piperidine rings is 1. The van der Waals surface area contributed by atoms with E-state index in [1.54, 1.807) is 11.0 Å². The number of amides is 1. The van der Waals surface area contributed by atoms with Crippen molar-refractivity contribution in [3.8, 4) is 0 Å². The predicted molar refractivity (Wildman–Crippen MR) is 78.9 cm³/mol. The normalized spacial score (nSPS) is 19.4. The number of aliphatic carboxylic acids is 1. The largest absolute Gasteiger partial charge is 0.480 e. The van der Waals surface area contributed by atoms with Crippen molar-refractivity contribution >= 4 is 11.9 Å². The number of hydrogen-bond donors (Lipinski definition) is 1. The van der Waals surface area contributed by atoms with Gasteiger partial charge in [-0.05, 0) is 25.8 Å². The molecule has 0 radical (unpaired) electrons. The maximum Gasteiger partial charge on any atom is 0.326 e. The molecule has 1 atom stereocenters. The minimum Gasteiger partial charge on any atom is -0.480 e. The number of rotatable bonds is 8. The minimum atomic E-state index is -2.71. The molecule has 0 unspecified atom stereocenters. The summed E-state index contributed by atoms with van der Waals surface area (Å²) >= 11 is 0. The van der Waals surface area contributed by atoms with Gasteiger partial charge in [0, 0.05) is 26.4 Å². The number of nitrogens with zero attached hydrogens (tertiary/aromatic N) is 2. The van der Waals surface area contributed by atoms with Crippen LogP contribution in [0.15, 0.2) is 12.7 Å². The molecule has 0 spiro atoms. The van der Waals surface area contributed by atoms with Crippen LogP contribution in [0, 0.1) is 0 Å². The molecule has 22 heavy (non-hydrogen) atoms. The summed E-state index contributed by atoms with van der Waals surface area (Å²) in [6, 6.07) is -0.993. The number of alkyl halides is 2. The third-order valence-electron chi connectivity index (χ3n) is 3.90. The van der Waals surface area contributed by atoms with Crippen molar-refractivity contribution in [3.05, 3.63) is 12.7 Å². The second kappa shape index (κ2) is 8.22. The zero-order valence-electron chi connectivity index (χ0n) is 12.9. The monoisotopic (exact) mass is 318 g/mol. The van der Waals surface area contributed by atoms with Gasteiger partial charge in [0.05, 0.1) is 6.54 Å². The van der Waals surface area contributed by atoms with Gasteiger partial charge < -0.3 is 10.0 Å². The SMILES string of the molecule is C=CCCC(=O)N(C)[C@@H](CCN1CCCC(F)(F)C1)C(=O)O. The summed E-state index contributed by atoms with van der Waals surface area (Å²) in [5, 5.41) is 9.27. The average Bonchev–Trinajstić information content (AvgIpc) is 2.43. The van der Waals surface area contributed by atoms with Gasteiger partial charge in [0.2, 0.25) is 5.91 Å². The highest BCUT2D eigenvalue weighted by Gasteiger charge is 2.35. The molecule has 1 aliphatic rings. The average molecular weight is 318 g/mol. The number of likely N-dealkylation sites (N-methyl/N-ethyl adjacent to an activating group) is 1. The molecule has 0 aromatic rings. The highest BCUT2D eigenvalue weighted by Crippen LogP contribution is 2.26. The van der Waals surface area contributed by atoms with E-state index in [2.05, 4.69) is 6.58 Å². The number of allylic oxidation sites excluding steroid dienone is 1. The lowest BCUT2D eigenvalue weighted by Gasteiger charge is -2.34.